The number of benzene rings is 2. The molecule has 0 radical (unpaired) electrons. The van der Waals surface area contributed by atoms with E-state index in [2.05, 4.69) is 33.9 Å². The second-order valence-electron chi connectivity index (χ2n) is 8.02. The number of aromatic nitrogens is 2. The number of hydrogen-bond acceptors (Lipinski definition) is 6. The van der Waals surface area contributed by atoms with E-state index in [1.54, 1.807) is 19.4 Å². The summed E-state index contributed by atoms with van der Waals surface area (Å²) in [6, 6.07) is 15.7. The van der Waals surface area contributed by atoms with Crippen molar-refractivity contribution in [3.63, 3.8) is 0 Å². The van der Waals surface area contributed by atoms with Crippen molar-refractivity contribution in [2.24, 2.45) is 0 Å². The highest BCUT2D eigenvalue weighted by Crippen LogP contribution is 2.21. The molecule has 0 amide bonds. The third-order valence-corrected chi connectivity index (χ3v) is 5.65. The maximum Gasteiger partial charge on any atom is 0.363 e. The first-order chi connectivity index (χ1) is 15.7. The Morgan fingerprint density at radius 3 is 2.72 bits per heavy atom. The first-order valence-electron chi connectivity index (χ1n) is 11.2. The summed E-state index contributed by atoms with van der Waals surface area (Å²) in [5.74, 6) is 1.56. The van der Waals surface area contributed by atoms with Gasteiger partial charge in [0.25, 0.3) is 0 Å². The van der Waals surface area contributed by atoms with Crippen LogP contribution in [-0.2, 0) is 13.0 Å². The lowest BCUT2D eigenvalue weighted by atomic mass is 10.1. The molecule has 0 aliphatic rings. The Bertz CT molecular complexity index is 1250. The molecule has 0 unspecified atom stereocenters. The molecule has 0 bridgehead atoms. The number of fused-ring (bicyclic) bond motifs is 3. The third kappa shape index (κ3) is 5.14. The average molecular weight is 432 g/mol. The van der Waals surface area contributed by atoms with Crippen molar-refractivity contribution >= 4 is 21.9 Å². The summed E-state index contributed by atoms with van der Waals surface area (Å²) >= 11 is 0. The molecule has 0 fully saturated rings. The Hall–Kier alpha value is -3.25. The van der Waals surface area contributed by atoms with Gasteiger partial charge < -0.3 is 9.15 Å². The first-order valence-corrected chi connectivity index (χ1v) is 11.2. The molecule has 0 atom stereocenters. The number of aryl methyl sites for hydroxylation is 1. The number of para-hydroxylation sites is 1. The fraction of sp³-hybridized carbons (Fsp3) is 0.346. The zero-order valence-electron chi connectivity index (χ0n) is 18.7. The van der Waals surface area contributed by atoms with Gasteiger partial charge >= 0.3 is 5.63 Å². The summed E-state index contributed by atoms with van der Waals surface area (Å²) in [4.78, 5) is 24.0. The Balaban J connectivity index is 1.45. The van der Waals surface area contributed by atoms with Crippen LogP contribution in [0.2, 0.25) is 0 Å². The van der Waals surface area contributed by atoms with Gasteiger partial charge in [0, 0.05) is 29.9 Å². The van der Waals surface area contributed by atoms with Gasteiger partial charge in [0.2, 0.25) is 0 Å². The topological polar surface area (TPSA) is 68.5 Å². The molecule has 32 heavy (non-hydrogen) atoms. The summed E-state index contributed by atoms with van der Waals surface area (Å²) in [7, 11) is 1.70. The van der Waals surface area contributed by atoms with E-state index in [1.165, 1.54) is 5.56 Å². The number of methoxy groups -OCH3 is 1. The van der Waals surface area contributed by atoms with E-state index in [-0.39, 0.29) is 0 Å². The smallest absolute Gasteiger partial charge is 0.363 e. The van der Waals surface area contributed by atoms with Crippen LogP contribution < -0.4 is 10.4 Å². The van der Waals surface area contributed by atoms with Crippen molar-refractivity contribution in [1.82, 2.24) is 14.9 Å². The quantitative estimate of drug-likeness (QED) is 0.261. The highest BCUT2D eigenvalue weighted by atomic mass is 16.5. The van der Waals surface area contributed by atoms with E-state index < -0.39 is 5.63 Å². The molecule has 2 aromatic carbocycles. The van der Waals surface area contributed by atoms with Gasteiger partial charge in [-0.15, -0.1) is 0 Å². The molecular weight excluding hydrogens is 402 g/mol. The molecule has 2 heterocycles. The SMILES string of the molecule is CCCCN(CCCc1ncc2c(n1)c(=O)oc1ccccc12)Cc1cccc(OC)c1. The summed E-state index contributed by atoms with van der Waals surface area (Å²) in [5, 5.41) is 1.60. The minimum atomic E-state index is -0.412. The van der Waals surface area contributed by atoms with Gasteiger partial charge in [-0.25, -0.2) is 14.8 Å². The van der Waals surface area contributed by atoms with Gasteiger partial charge in [-0.2, -0.15) is 0 Å². The maximum absolute atomic E-state index is 12.4. The largest absolute Gasteiger partial charge is 0.497 e. The Labute approximate surface area is 187 Å². The molecule has 0 saturated carbocycles. The van der Waals surface area contributed by atoms with Crippen molar-refractivity contribution in [3.05, 3.63) is 76.5 Å². The molecule has 4 aromatic rings. The normalized spacial score (nSPS) is 11.5. The van der Waals surface area contributed by atoms with Gasteiger partial charge in [0.05, 0.1) is 7.11 Å². The van der Waals surface area contributed by atoms with Crippen LogP contribution in [0.25, 0.3) is 21.9 Å². The zero-order valence-corrected chi connectivity index (χ0v) is 18.7. The van der Waals surface area contributed by atoms with Gasteiger partial charge in [-0.1, -0.05) is 43.7 Å². The maximum atomic E-state index is 12.4. The van der Waals surface area contributed by atoms with E-state index in [9.17, 15) is 4.79 Å². The number of rotatable bonds is 10. The van der Waals surface area contributed by atoms with Crippen LogP contribution in [0.15, 0.2) is 63.9 Å². The second-order valence-corrected chi connectivity index (χ2v) is 8.02. The molecule has 0 saturated heterocycles. The van der Waals surface area contributed by atoms with E-state index in [0.717, 1.165) is 55.4 Å². The monoisotopic (exact) mass is 431 g/mol. The lowest BCUT2D eigenvalue weighted by Crippen LogP contribution is -2.26. The molecule has 2 aromatic heterocycles. The molecule has 6 heteroatoms. The van der Waals surface area contributed by atoms with Crippen molar-refractivity contribution in [2.45, 2.75) is 39.2 Å². The molecule has 0 spiro atoms. The van der Waals surface area contributed by atoms with Crippen LogP contribution in [0.4, 0.5) is 0 Å². The Morgan fingerprint density at radius 2 is 1.88 bits per heavy atom. The van der Waals surface area contributed by atoms with E-state index in [4.69, 9.17) is 9.15 Å². The molecule has 0 aliphatic carbocycles. The predicted octanol–water partition coefficient (Wildman–Crippen LogP) is 4.98. The average Bonchev–Trinajstić information content (AvgIpc) is 2.82. The predicted molar refractivity (Wildman–Crippen MR) is 127 cm³/mol. The van der Waals surface area contributed by atoms with Crippen molar-refractivity contribution in [1.29, 1.82) is 0 Å². The number of unbranched alkanes of at least 4 members (excludes halogenated alkanes) is 1. The van der Waals surface area contributed by atoms with Crippen molar-refractivity contribution in [3.8, 4) is 5.75 Å². The highest BCUT2D eigenvalue weighted by Gasteiger charge is 2.11. The molecule has 4 rings (SSSR count). The standard InChI is InChI=1S/C26H29N3O3/c1-3-4-14-29(18-19-9-7-10-20(16-19)31-2)15-8-13-24-27-17-22-21-11-5-6-12-23(21)32-26(30)25(22)28-24/h5-7,9-12,16-17H,3-4,8,13-15,18H2,1-2H3. The van der Waals surface area contributed by atoms with Gasteiger partial charge in [-0.05, 0) is 49.7 Å². The molecule has 6 nitrogen and oxygen atoms in total. The fourth-order valence-corrected chi connectivity index (χ4v) is 3.96. The Kier molecular flexibility index (Phi) is 7.12. The van der Waals surface area contributed by atoms with Crippen molar-refractivity contribution in [2.75, 3.05) is 20.2 Å². The van der Waals surface area contributed by atoms with Crippen LogP contribution in [0, 0.1) is 0 Å². The molecular formula is C26H29N3O3. The summed E-state index contributed by atoms with van der Waals surface area (Å²) < 4.78 is 10.8. The lowest BCUT2D eigenvalue weighted by Gasteiger charge is -2.22. The summed E-state index contributed by atoms with van der Waals surface area (Å²) in [5.41, 5.74) is 1.75. The fourth-order valence-electron chi connectivity index (χ4n) is 3.96. The van der Waals surface area contributed by atoms with E-state index >= 15 is 0 Å². The summed E-state index contributed by atoms with van der Waals surface area (Å²) in [6.07, 6.45) is 5.69. The first kappa shape index (κ1) is 22.0. The van der Waals surface area contributed by atoms with Crippen LogP contribution in [0.5, 0.6) is 5.75 Å². The zero-order chi connectivity index (χ0) is 22.3. The van der Waals surface area contributed by atoms with E-state index in [0.29, 0.717) is 23.3 Å². The summed E-state index contributed by atoms with van der Waals surface area (Å²) in [6.45, 7) is 5.07. The van der Waals surface area contributed by atoms with Gasteiger partial charge in [0.15, 0.2) is 5.52 Å². The molecule has 166 valence electrons. The van der Waals surface area contributed by atoms with Crippen LogP contribution in [-0.4, -0.2) is 35.1 Å². The minimum Gasteiger partial charge on any atom is -0.497 e. The van der Waals surface area contributed by atoms with Gasteiger partial charge in [-0.3, -0.25) is 4.90 Å². The number of nitrogens with zero attached hydrogens (tertiary/aromatic N) is 3. The van der Waals surface area contributed by atoms with Gasteiger partial charge in [0.1, 0.15) is 17.2 Å². The molecule has 0 N–H and O–H groups in total. The number of hydrogen-bond donors (Lipinski definition) is 0. The Morgan fingerprint density at radius 1 is 1.03 bits per heavy atom. The van der Waals surface area contributed by atoms with Crippen LogP contribution >= 0.6 is 0 Å². The number of ether oxygens (including phenoxy) is 1. The molecule has 0 aliphatic heterocycles. The van der Waals surface area contributed by atoms with Crippen molar-refractivity contribution < 1.29 is 9.15 Å². The van der Waals surface area contributed by atoms with Crippen LogP contribution in [0.3, 0.4) is 0 Å². The van der Waals surface area contributed by atoms with E-state index in [1.807, 2.05) is 30.3 Å². The lowest BCUT2D eigenvalue weighted by molar-refractivity contribution is 0.257. The third-order valence-electron chi connectivity index (χ3n) is 5.65. The second kappa shape index (κ2) is 10.4. The highest BCUT2D eigenvalue weighted by molar-refractivity contribution is 6.02. The van der Waals surface area contributed by atoms with Crippen LogP contribution in [0.1, 0.15) is 37.6 Å². The minimum absolute atomic E-state index is 0.355.